The predicted molar refractivity (Wildman–Crippen MR) is 134 cm³/mol. The van der Waals surface area contributed by atoms with Gasteiger partial charge in [-0.1, -0.05) is 53.8 Å². The first-order chi connectivity index (χ1) is 16.4. The molecule has 1 amide bonds. The monoisotopic (exact) mass is 489 g/mol. The van der Waals surface area contributed by atoms with E-state index in [0.717, 1.165) is 10.4 Å². The molecule has 0 aliphatic carbocycles. The third-order valence-electron chi connectivity index (χ3n) is 5.66. The molecule has 1 aliphatic rings. The first kappa shape index (κ1) is 22.2. The van der Waals surface area contributed by atoms with Crippen LogP contribution >= 0.6 is 22.7 Å². The molecule has 1 unspecified atom stereocenters. The molecule has 170 valence electrons. The van der Waals surface area contributed by atoms with Crippen molar-refractivity contribution in [3.63, 3.8) is 0 Å². The van der Waals surface area contributed by atoms with Crippen LogP contribution in [0.4, 0.5) is 10.1 Å². The van der Waals surface area contributed by atoms with Crippen LogP contribution < -0.4 is 20.2 Å². The molecule has 5 nitrogen and oxygen atoms in total. The lowest BCUT2D eigenvalue weighted by atomic mass is 10.0. The molecule has 5 rings (SSSR count). The second kappa shape index (κ2) is 8.96. The first-order valence-electron chi connectivity index (χ1n) is 10.6. The van der Waals surface area contributed by atoms with Crippen LogP contribution in [0.3, 0.4) is 0 Å². The summed E-state index contributed by atoms with van der Waals surface area (Å²) in [7, 11) is 0. The SMILES string of the molecule is CC1=C(C(=O)Nc2ccccc2C)C(c2cccs2)n2c(s/c(=C/c3ccccc3F)c2=O)=N1. The third-order valence-corrected chi connectivity index (χ3v) is 7.57. The molecule has 0 saturated heterocycles. The van der Waals surface area contributed by atoms with Crippen molar-refractivity contribution < 1.29 is 9.18 Å². The lowest BCUT2D eigenvalue weighted by molar-refractivity contribution is -0.113. The molecule has 1 aliphatic heterocycles. The van der Waals surface area contributed by atoms with Crippen molar-refractivity contribution in [3.8, 4) is 0 Å². The number of halogens is 1. The minimum absolute atomic E-state index is 0.306. The van der Waals surface area contributed by atoms with Gasteiger partial charge in [0.05, 0.1) is 15.8 Å². The maximum absolute atomic E-state index is 14.2. The highest BCUT2D eigenvalue weighted by Gasteiger charge is 2.33. The molecule has 8 heteroatoms. The largest absolute Gasteiger partial charge is 0.322 e. The Morgan fingerprint density at radius 2 is 1.85 bits per heavy atom. The number of hydrogen-bond donors (Lipinski definition) is 1. The summed E-state index contributed by atoms with van der Waals surface area (Å²) in [4.78, 5) is 33.0. The lowest BCUT2D eigenvalue weighted by Crippen LogP contribution is -2.40. The second-order valence-corrected chi connectivity index (χ2v) is 9.88. The van der Waals surface area contributed by atoms with E-state index in [1.807, 2.05) is 48.7 Å². The van der Waals surface area contributed by atoms with Gasteiger partial charge in [0.1, 0.15) is 11.9 Å². The van der Waals surface area contributed by atoms with Crippen molar-refractivity contribution in [1.29, 1.82) is 0 Å². The highest BCUT2D eigenvalue weighted by atomic mass is 32.1. The number of carbonyl (C=O) groups is 1. The Morgan fingerprint density at radius 3 is 2.59 bits per heavy atom. The number of carbonyl (C=O) groups excluding carboxylic acids is 1. The number of amides is 1. The van der Waals surface area contributed by atoms with Crippen LogP contribution in [0.1, 0.15) is 29.0 Å². The van der Waals surface area contributed by atoms with Gasteiger partial charge in [-0.25, -0.2) is 9.38 Å². The van der Waals surface area contributed by atoms with Crippen LogP contribution in [-0.2, 0) is 4.79 Å². The van der Waals surface area contributed by atoms with E-state index in [-0.39, 0.29) is 11.5 Å². The van der Waals surface area contributed by atoms with Gasteiger partial charge >= 0.3 is 0 Å². The molecule has 3 heterocycles. The van der Waals surface area contributed by atoms with Gasteiger partial charge in [0.25, 0.3) is 11.5 Å². The van der Waals surface area contributed by atoms with E-state index in [9.17, 15) is 14.0 Å². The van der Waals surface area contributed by atoms with Crippen LogP contribution in [0.5, 0.6) is 0 Å². The Kier molecular flexibility index (Phi) is 5.85. The van der Waals surface area contributed by atoms with Crippen molar-refractivity contribution >= 4 is 40.3 Å². The van der Waals surface area contributed by atoms with Crippen molar-refractivity contribution in [1.82, 2.24) is 4.57 Å². The maximum Gasteiger partial charge on any atom is 0.271 e. The van der Waals surface area contributed by atoms with Gasteiger partial charge in [0, 0.05) is 16.1 Å². The van der Waals surface area contributed by atoms with Crippen molar-refractivity contribution in [2.75, 3.05) is 5.32 Å². The van der Waals surface area contributed by atoms with Crippen molar-refractivity contribution in [2.24, 2.45) is 4.99 Å². The van der Waals surface area contributed by atoms with E-state index in [0.29, 0.717) is 31.9 Å². The Balaban J connectivity index is 1.66. The summed E-state index contributed by atoms with van der Waals surface area (Å²) in [6.07, 6.45) is 1.54. The molecule has 2 aromatic carbocycles. The molecule has 0 bridgehead atoms. The number of nitrogens with zero attached hydrogens (tertiary/aromatic N) is 2. The fourth-order valence-corrected chi connectivity index (χ4v) is 5.83. The number of rotatable bonds is 4. The summed E-state index contributed by atoms with van der Waals surface area (Å²) in [5.41, 5.74) is 2.62. The molecule has 34 heavy (non-hydrogen) atoms. The number of thiophene rings is 1. The van der Waals surface area contributed by atoms with Gasteiger partial charge in [-0.2, -0.15) is 0 Å². The smallest absolute Gasteiger partial charge is 0.271 e. The maximum atomic E-state index is 14.2. The molecular weight excluding hydrogens is 469 g/mol. The average molecular weight is 490 g/mol. The normalized spacial score (nSPS) is 15.7. The molecule has 2 aromatic heterocycles. The van der Waals surface area contributed by atoms with E-state index in [2.05, 4.69) is 10.3 Å². The van der Waals surface area contributed by atoms with E-state index >= 15 is 0 Å². The standard InChI is InChI=1S/C26H20FN3O2S2/c1-15-8-3-6-11-19(15)29-24(31)22-16(2)28-26-30(23(22)20-12-7-13-33-20)25(32)21(34-26)14-17-9-4-5-10-18(17)27/h3-14,23H,1-2H3,(H,29,31)/b21-14+. The number of hydrogen-bond acceptors (Lipinski definition) is 5. The average Bonchev–Trinajstić information content (AvgIpc) is 3.45. The van der Waals surface area contributed by atoms with Crippen molar-refractivity contribution in [3.05, 3.63) is 119 Å². The molecule has 0 saturated carbocycles. The van der Waals surface area contributed by atoms with Gasteiger partial charge in [0.15, 0.2) is 4.80 Å². The third kappa shape index (κ3) is 3.95. The molecule has 0 fully saturated rings. The number of nitrogens with one attached hydrogen (secondary N) is 1. The Labute approximate surface area is 202 Å². The molecule has 1 N–H and O–H groups in total. The van der Waals surface area contributed by atoms with E-state index in [4.69, 9.17) is 0 Å². The Bertz CT molecular complexity index is 1610. The summed E-state index contributed by atoms with van der Waals surface area (Å²) in [5.74, 6) is -0.713. The number of anilines is 1. The number of aryl methyl sites for hydroxylation is 1. The Morgan fingerprint density at radius 1 is 1.09 bits per heavy atom. The molecular formula is C26H20FN3O2S2. The van der Waals surface area contributed by atoms with E-state index in [1.54, 1.807) is 29.7 Å². The molecule has 0 spiro atoms. The van der Waals surface area contributed by atoms with Gasteiger partial charge in [0.2, 0.25) is 0 Å². The zero-order valence-electron chi connectivity index (χ0n) is 18.4. The Hall–Kier alpha value is -3.62. The van der Waals surface area contributed by atoms with Crippen molar-refractivity contribution in [2.45, 2.75) is 19.9 Å². The summed E-state index contributed by atoms with van der Waals surface area (Å²) in [5, 5.41) is 4.90. The molecule has 1 atom stereocenters. The van der Waals surface area contributed by atoms with Gasteiger partial charge in [-0.3, -0.25) is 14.2 Å². The van der Waals surface area contributed by atoms with Gasteiger partial charge in [-0.15, -0.1) is 11.3 Å². The van der Waals surface area contributed by atoms with Crippen LogP contribution in [0.15, 0.2) is 87.1 Å². The van der Waals surface area contributed by atoms with Crippen LogP contribution in [0.2, 0.25) is 0 Å². The second-order valence-electron chi connectivity index (χ2n) is 7.89. The summed E-state index contributed by atoms with van der Waals surface area (Å²) in [6, 6.07) is 17.0. The fourth-order valence-electron chi connectivity index (χ4n) is 3.96. The van der Waals surface area contributed by atoms with Gasteiger partial charge < -0.3 is 5.32 Å². The predicted octanol–water partition coefficient (Wildman–Crippen LogP) is 4.38. The number of fused-ring (bicyclic) bond motifs is 1. The summed E-state index contributed by atoms with van der Waals surface area (Å²) < 4.78 is 16.1. The first-order valence-corrected chi connectivity index (χ1v) is 12.3. The topological polar surface area (TPSA) is 63.5 Å². The number of thiazole rings is 1. The zero-order chi connectivity index (χ0) is 23.8. The van der Waals surface area contributed by atoms with Crippen LogP contribution in [-0.4, -0.2) is 10.5 Å². The molecule has 0 radical (unpaired) electrons. The minimum atomic E-state index is -0.622. The van der Waals surface area contributed by atoms with E-state index in [1.165, 1.54) is 34.8 Å². The zero-order valence-corrected chi connectivity index (χ0v) is 20.0. The van der Waals surface area contributed by atoms with Gasteiger partial charge in [-0.05, 0) is 49.1 Å². The quantitative estimate of drug-likeness (QED) is 0.462. The summed E-state index contributed by atoms with van der Waals surface area (Å²) in [6.45, 7) is 3.70. The molecule has 4 aromatic rings. The fraction of sp³-hybridized carbons (Fsp3) is 0.115. The highest BCUT2D eigenvalue weighted by molar-refractivity contribution is 7.10. The number of benzene rings is 2. The van der Waals surface area contributed by atoms with Crippen LogP contribution in [0.25, 0.3) is 6.08 Å². The van der Waals surface area contributed by atoms with Crippen LogP contribution in [0, 0.1) is 12.7 Å². The van der Waals surface area contributed by atoms with E-state index < -0.39 is 11.9 Å². The lowest BCUT2D eigenvalue weighted by Gasteiger charge is -2.24. The number of para-hydroxylation sites is 1. The summed E-state index contributed by atoms with van der Waals surface area (Å²) >= 11 is 2.66. The number of aromatic nitrogens is 1. The number of allylic oxidation sites excluding steroid dienone is 1. The minimum Gasteiger partial charge on any atom is -0.322 e. The highest BCUT2D eigenvalue weighted by Crippen LogP contribution is 2.33.